The highest BCUT2D eigenvalue weighted by Gasteiger charge is 2.09. The molecule has 0 heterocycles. The van der Waals surface area contributed by atoms with Crippen LogP contribution in [-0.2, 0) is 14.0 Å². The van der Waals surface area contributed by atoms with Gasteiger partial charge in [-0.15, -0.1) is 0 Å². The highest BCUT2D eigenvalue weighted by Crippen LogP contribution is 2.07. The van der Waals surface area contributed by atoms with E-state index in [4.69, 9.17) is 9.16 Å². The van der Waals surface area contributed by atoms with Gasteiger partial charge in [-0.25, -0.2) is 4.79 Å². The summed E-state index contributed by atoms with van der Waals surface area (Å²) in [7, 11) is 0.770. The molecule has 0 saturated heterocycles. The summed E-state index contributed by atoms with van der Waals surface area (Å²) in [5, 5.41) is 0. The third-order valence-corrected chi connectivity index (χ3v) is 5.14. The fourth-order valence-electron chi connectivity index (χ4n) is 1.30. The zero-order valence-corrected chi connectivity index (χ0v) is 11.2. The van der Waals surface area contributed by atoms with E-state index in [2.05, 4.69) is 13.5 Å². The Morgan fingerprint density at radius 3 is 2.53 bits per heavy atom. The lowest BCUT2D eigenvalue weighted by molar-refractivity contribution is -0.138. The molecule has 0 aromatic rings. The van der Waals surface area contributed by atoms with Gasteiger partial charge in [0.05, 0.1) is 6.61 Å². The second-order valence-corrected chi connectivity index (χ2v) is 6.57. The van der Waals surface area contributed by atoms with Crippen LogP contribution >= 0.6 is 0 Å². The third-order valence-electron chi connectivity index (χ3n) is 2.20. The lowest BCUT2D eigenvalue weighted by Crippen LogP contribution is -2.16. The van der Waals surface area contributed by atoms with Gasteiger partial charge in [-0.2, -0.15) is 0 Å². The van der Waals surface area contributed by atoms with Crippen molar-refractivity contribution >= 4 is 15.0 Å². The molecule has 1 unspecified atom stereocenters. The number of carbonyl (C=O) groups is 1. The van der Waals surface area contributed by atoms with Gasteiger partial charge in [-0.05, 0) is 25.4 Å². The quantitative estimate of drug-likeness (QED) is 0.278. The molecule has 0 amide bonds. The van der Waals surface area contributed by atoms with Crippen LogP contribution in [0.2, 0.25) is 12.1 Å². The van der Waals surface area contributed by atoms with Crippen LogP contribution in [0.25, 0.3) is 0 Å². The summed E-state index contributed by atoms with van der Waals surface area (Å²) in [4.78, 5) is 11.0. The van der Waals surface area contributed by atoms with Crippen LogP contribution in [0.5, 0.6) is 0 Å². The first-order chi connectivity index (χ1) is 7.11. The van der Waals surface area contributed by atoms with Gasteiger partial charge in [-0.1, -0.05) is 19.9 Å². The largest absolute Gasteiger partial charge is 0.462 e. The highest BCUT2D eigenvalue weighted by atomic mass is 28.3. The number of hydrogen-bond donors (Lipinski definition) is 0. The van der Waals surface area contributed by atoms with Gasteiger partial charge in [0.25, 0.3) is 0 Å². The van der Waals surface area contributed by atoms with Crippen LogP contribution < -0.4 is 0 Å². The van der Waals surface area contributed by atoms with Crippen molar-refractivity contribution in [2.24, 2.45) is 0 Å². The van der Waals surface area contributed by atoms with Crippen LogP contribution in [0.3, 0.4) is 0 Å². The summed E-state index contributed by atoms with van der Waals surface area (Å²) in [5.41, 5.74) is 0.462. The monoisotopic (exact) mass is 230 g/mol. The van der Waals surface area contributed by atoms with Crippen molar-refractivity contribution < 1.29 is 14.0 Å². The standard InChI is InChI=1S/C11H22O3Si/c1-5-8-15(13-4)9-6-7-14-11(12)10(2)3/h15H,2,5-9H2,1,3-4H3. The fraction of sp³-hybridized carbons (Fsp3) is 0.727. The van der Waals surface area contributed by atoms with Crippen molar-refractivity contribution in [1.29, 1.82) is 0 Å². The minimum absolute atomic E-state index is 0.291. The molecular formula is C11H22O3Si. The van der Waals surface area contributed by atoms with E-state index in [-0.39, 0.29) is 5.97 Å². The van der Waals surface area contributed by atoms with Gasteiger partial charge in [-0.3, -0.25) is 0 Å². The molecule has 0 spiro atoms. The van der Waals surface area contributed by atoms with Crippen molar-refractivity contribution in [2.45, 2.75) is 38.8 Å². The first-order valence-electron chi connectivity index (χ1n) is 5.47. The summed E-state index contributed by atoms with van der Waals surface area (Å²) < 4.78 is 10.4. The Labute approximate surface area is 94.2 Å². The van der Waals surface area contributed by atoms with Gasteiger partial charge in [0.15, 0.2) is 9.04 Å². The Morgan fingerprint density at radius 2 is 2.07 bits per heavy atom. The molecule has 0 aliphatic carbocycles. The van der Waals surface area contributed by atoms with Gasteiger partial charge >= 0.3 is 5.97 Å². The SMILES string of the molecule is C=C(C)C(=O)OCCC[SiH](CCC)OC. The van der Waals surface area contributed by atoms with Crippen molar-refractivity contribution in [3.8, 4) is 0 Å². The number of rotatable bonds is 8. The Kier molecular flexibility index (Phi) is 8.32. The Balaban J connectivity index is 3.52. The molecule has 3 nitrogen and oxygen atoms in total. The van der Waals surface area contributed by atoms with E-state index in [1.54, 1.807) is 14.0 Å². The molecule has 0 rings (SSSR count). The molecule has 0 bridgehead atoms. The van der Waals surface area contributed by atoms with E-state index in [1.165, 1.54) is 12.5 Å². The van der Waals surface area contributed by atoms with E-state index in [0.29, 0.717) is 12.2 Å². The van der Waals surface area contributed by atoms with Crippen LogP contribution in [0.15, 0.2) is 12.2 Å². The molecule has 0 radical (unpaired) electrons. The maximum Gasteiger partial charge on any atom is 0.333 e. The minimum atomic E-state index is -1.01. The minimum Gasteiger partial charge on any atom is -0.462 e. The van der Waals surface area contributed by atoms with E-state index >= 15 is 0 Å². The summed E-state index contributed by atoms with van der Waals surface area (Å²) in [6.07, 6.45) is 2.08. The second kappa shape index (κ2) is 8.68. The van der Waals surface area contributed by atoms with Crippen molar-refractivity contribution in [3.63, 3.8) is 0 Å². The molecule has 0 aromatic carbocycles. The fourth-order valence-corrected chi connectivity index (χ4v) is 3.33. The van der Waals surface area contributed by atoms with Crippen LogP contribution in [0.1, 0.15) is 26.7 Å². The maximum absolute atomic E-state index is 11.0. The first kappa shape index (κ1) is 14.4. The third kappa shape index (κ3) is 7.33. The Bertz CT molecular complexity index is 204. The molecule has 0 N–H and O–H groups in total. The van der Waals surface area contributed by atoms with Crippen LogP contribution in [0, 0.1) is 0 Å². The molecule has 1 atom stereocenters. The molecule has 88 valence electrons. The zero-order valence-electron chi connectivity index (χ0n) is 10.0. The molecular weight excluding hydrogens is 208 g/mol. The average Bonchev–Trinajstić information content (AvgIpc) is 2.22. The van der Waals surface area contributed by atoms with Gasteiger partial charge in [0.2, 0.25) is 0 Å². The van der Waals surface area contributed by atoms with E-state index in [9.17, 15) is 4.79 Å². The molecule has 0 aliphatic heterocycles. The topological polar surface area (TPSA) is 35.5 Å². The number of hydrogen-bond acceptors (Lipinski definition) is 3. The Morgan fingerprint density at radius 1 is 1.40 bits per heavy atom. The molecule has 0 fully saturated rings. The predicted octanol–water partition coefficient (Wildman–Crippen LogP) is 2.28. The molecule has 0 aliphatic rings. The van der Waals surface area contributed by atoms with Crippen molar-refractivity contribution in [1.82, 2.24) is 0 Å². The van der Waals surface area contributed by atoms with Crippen molar-refractivity contribution in [2.75, 3.05) is 13.7 Å². The van der Waals surface area contributed by atoms with E-state index in [1.807, 2.05) is 0 Å². The molecule has 4 heteroatoms. The Hall–Kier alpha value is -0.613. The second-order valence-electron chi connectivity index (χ2n) is 3.70. The van der Waals surface area contributed by atoms with Gasteiger partial charge < -0.3 is 9.16 Å². The summed E-state index contributed by atoms with van der Waals surface area (Å²) >= 11 is 0. The normalized spacial score (nSPS) is 12.2. The van der Waals surface area contributed by atoms with E-state index < -0.39 is 9.04 Å². The maximum atomic E-state index is 11.0. The molecule has 0 aromatic heterocycles. The van der Waals surface area contributed by atoms with Gasteiger partial charge in [0.1, 0.15) is 0 Å². The number of carbonyl (C=O) groups excluding carboxylic acids is 1. The van der Waals surface area contributed by atoms with E-state index in [0.717, 1.165) is 12.5 Å². The summed E-state index contributed by atoms with van der Waals surface area (Å²) in [5.74, 6) is -0.291. The van der Waals surface area contributed by atoms with Crippen molar-refractivity contribution in [3.05, 3.63) is 12.2 Å². The average molecular weight is 230 g/mol. The summed E-state index contributed by atoms with van der Waals surface area (Å²) in [6, 6.07) is 2.28. The number of ether oxygens (including phenoxy) is 1. The van der Waals surface area contributed by atoms with Gasteiger partial charge in [0, 0.05) is 12.7 Å². The summed E-state index contributed by atoms with van der Waals surface area (Å²) in [6.45, 7) is 7.84. The molecule has 0 saturated carbocycles. The highest BCUT2D eigenvalue weighted by molar-refractivity contribution is 6.51. The van der Waals surface area contributed by atoms with Crippen LogP contribution in [0.4, 0.5) is 0 Å². The lowest BCUT2D eigenvalue weighted by atomic mass is 10.4. The lowest BCUT2D eigenvalue weighted by Gasteiger charge is -2.11. The smallest absolute Gasteiger partial charge is 0.333 e. The first-order valence-corrected chi connectivity index (χ1v) is 7.57. The predicted molar refractivity (Wildman–Crippen MR) is 64.5 cm³/mol. The number of esters is 1. The van der Waals surface area contributed by atoms with Crippen LogP contribution in [-0.4, -0.2) is 28.7 Å². The molecule has 15 heavy (non-hydrogen) atoms. The zero-order chi connectivity index (χ0) is 11.7.